The zero-order valence-corrected chi connectivity index (χ0v) is 15.7. The van der Waals surface area contributed by atoms with Crippen molar-refractivity contribution in [3.05, 3.63) is 65.5 Å². The number of carbonyl (C=O) groups excluding carboxylic acids is 2. The number of methoxy groups -OCH3 is 1. The molecule has 0 radical (unpaired) electrons. The van der Waals surface area contributed by atoms with Crippen molar-refractivity contribution in [2.75, 3.05) is 7.11 Å². The quantitative estimate of drug-likeness (QED) is 0.688. The lowest BCUT2D eigenvalue weighted by atomic mass is 9.92. The lowest BCUT2D eigenvalue weighted by Gasteiger charge is -2.21. The second-order valence-electron chi connectivity index (χ2n) is 7.13. The van der Waals surface area contributed by atoms with Crippen LogP contribution in [0.15, 0.2) is 53.1 Å². The van der Waals surface area contributed by atoms with Crippen LogP contribution in [-0.2, 0) is 23.3 Å². The number of rotatable bonds is 4. The number of hydrogen-bond donors (Lipinski definition) is 1. The van der Waals surface area contributed by atoms with E-state index in [0.29, 0.717) is 18.0 Å². The summed E-state index contributed by atoms with van der Waals surface area (Å²) in [5.41, 5.74) is 1.67. The number of fused-ring (bicyclic) bond motifs is 2. The first-order valence-electron chi connectivity index (χ1n) is 9.30. The molecule has 0 bridgehead atoms. The Bertz CT molecular complexity index is 1130. The molecule has 1 fully saturated rings. The zero-order chi connectivity index (χ0) is 20.0. The summed E-state index contributed by atoms with van der Waals surface area (Å²) in [4.78, 5) is 31.3. The third-order valence-corrected chi connectivity index (χ3v) is 5.51. The first-order valence-corrected chi connectivity index (χ1v) is 9.30. The average Bonchev–Trinajstić information content (AvgIpc) is 3.43. The van der Waals surface area contributed by atoms with Crippen molar-refractivity contribution in [2.45, 2.75) is 24.9 Å². The molecule has 1 atom stereocenters. The Labute approximate surface area is 166 Å². The molecule has 1 aliphatic carbocycles. The molecule has 8 heteroatoms. The molecule has 5 rings (SSSR count). The lowest BCUT2D eigenvalue weighted by molar-refractivity contribution is -0.132. The molecule has 2 heterocycles. The molecule has 2 aromatic carbocycles. The number of urea groups is 1. The van der Waals surface area contributed by atoms with E-state index in [2.05, 4.69) is 15.5 Å². The molecular weight excluding hydrogens is 372 g/mol. The molecule has 29 heavy (non-hydrogen) atoms. The first-order chi connectivity index (χ1) is 14.1. The normalized spacial score (nSPS) is 20.2. The minimum atomic E-state index is -0.997. The summed E-state index contributed by atoms with van der Waals surface area (Å²) in [5.74, 6) is 0.944. The molecule has 2 aliphatic rings. The molecule has 146 valence electrons. The van der Waals surface area contributed by atoms with Crippen LogP contribution < -0.4 is 10.1 Å². The van der Waals surface area contributed by atoms with Gasteiger partial charge >= 0.3 is 6.03 Å². The van der Waals surface area contributed by atoms with Gasteiger partial charge < -0.3 is 14.6 Å². The molecule has 1 saturated heterocycles. The fourth-order valence-corrected chi connectivity index (χ4v) is 4.07. The van der Waals surface area contributed by atoms with E-state index in [0.717, 1.165) is 28.0 Å². The summed E-state index contributed by atoms with van der Waals surface area (Å²) in [7, 11) is 1.58. The Hall–Kier alpha value is -3.68. The highest BCUT2D eigenvalue weighted by atomic mass is 16.5. The van der Waals surface area contributed by atoms with Gasteiger partial charge in [-0.1, -0.05) is 41.6 Å². The van der Waals surface area contributed by atoms with E-state index < -0.39 is 11.6 Å². The van der Waals surface area contributed by atoms with Crippen molar-refractivity contribution in [2.24, 2.45) is 0 Å². The van der Waals surface area contributed by atoms with Gasteiger partial charge in [0, 0.05) is 5.56 Å². The zero-order valence-electron chi connectivity index (χ0n) is 15.7. The van der Waals surface area contributed by atoms with Crippen molar-refractivity contribution < 1.29 is 18.8 Å². The van der Waals surface area contributed by atoms with Gasteiger partial charge in [0.05, 0.1) is 7.11 Å². The molecular formula is C21H18N4O4. The summed E-state index contributed by atoms with van der Waals surface area (Å²) in [6.45, 7) is -0.0778. The molecule has 3 amide bonds. The Morgan fingerprint density at radius 2 is 2.07 bits per heavy atom. The maximum Gasteiger partial charge on any atom is 0.325 e. The highest BCUT2D eigenvalue weighted by molar-refractivity contribution is 6.08. The number of amides is 3. The van der Waals surface area contributed by atoms with Gasteiger partial charge in [-0.05, 0) is 36.1 Å². The second kappa shape index (κ2) is 6.44. The molecule has 3 aromatic rings. The SMILES string of the molecule is COc1cccc(-c2noc(CN3C(=O)NC4(CCc5ccccc54)C3=O)n2)c1. The summed E-state index contributed by atoms with van der Waals surface area (Å²) in [6.07, 6.45) is 1.29. The van der Waals surface area contributed by atoms with Crippen molar-refractivity contribution in [3.63, 3.8) is 0 Å². The van der Waals surface area contributed by atoms with Crippen LogP contribution in [0.1, 0.15) is 23.4 Å². The average molecular weight is 390 g/mol. The van der Waals surface area contributed by atoms with Crippen LogP contribution in [0.3, 0.4) is 0 Å². The van der Waals surface area contributed by atoms with E-state index >= 15 is 0 Å². The maximum absolute atomic E-state index is 13.2. The number of imide groups is 1. The van der Waals surface area contributed by atoms with Crippen LogP contribution in [0.4, 0.5) is 4.79 Å². The molecule has 1 unspecified atom stereocenters. The van der Waals surface area contributed by atoms with Crippen LogP contribution in [0.2, 0.25) is 0 Å². The fraction of sp³-hybridized carbons (Fsp3) is 0.238. The van der Waals surface area contributed by atoms with Gasteiger partial charge in [-0.2, -0.15) is 4.98 Å². The number of nitrogens with one attached hydrogen (secondary N) is 1. The smallest absolute Gasteiger partial charge is 0.325 e. The Balaban J connectivity index is 1.40. The van der Waals surface area contributed by atoms with Gasteiger partial charge in [-0.15, -0.1) is 0 Å². The molecule has 1 aliphatic heterocycles. The molecule has 1 aromatic heterocycles. The molecule has 1 spiro atoms. The summed E-state index contributed by atoms with van der Waals surface area (Å²) >= 11 is 0. The van der Waals surface area contributed by atoms with E-state index in [4.69, 9.17) is 9.26 Å². The predicted molar refractivity (Wildman–Crippen MR) is 102 cm³/mol. The standard InChI is InChI=1S/C21H18N4O4/c1-28-15-7-4-6-14(11-15)18-22-17(29-24-18)12-25-19(26)21(23-20(25)27)10-9-13-5-2-3-8-16(13)21/h2-8,11H,9-10,12H2,1H3,(H,23,27). The van der Waals surface area contributed by atoms with Gasteiger partial charge in [-0.25, -0.2) is 4.79 Å². The van der Waals surface area contributed by atoms with E-state index in [1.165, 1.54) is 0 Å². The van der Waals surface area contributed by atoms with Gasteiger partial charge in [-0.3, -0.25) is 9.69 Å². The van der Waals surface area contributed by atoms with Crippen molar-refractivity contribution in [1.82, 2.24) is 20.4 Å². The lowest BCUT2D eigenvalue weighted by Crippen LogP contribution is -2.41. The number of carbonyl (C=O) groups is 2. The highest BCUT2D eigenvalue weighted by Gasteiger charge is 2.55. The minimum Gasteiger partial charge on any atom is -0.497 e. The van der Waals surface area contributed by atoms with Crippen LogP contribution in [0.25, 0.3) is 11.4 Å². The van der Waals surface area contributed by atoms with Crippen LogP contribution in [-0.4, -0.2) is 34.1 Å². The Kier molecular flexibility index (Phi) is 3.87. The monoisotopic (exact) mass is 390 g/mol. The fourth-order valence-electron chi connectivity index (χ4n) is 4.07. The van der Waals surface area contributed by atoms with E-state index in [1.807, 2.05) is 42.5 Å². The van der Waals surface area contributed by atoms with Crippen LogP contribution in [0.5, 0.6) is 5.75 Å². The number of aryl methyl sites for hydroxylation is 1. The van der Waals surface area contributed by atoms with Gasteiger partial charge in [0.2, 0.25) is 11.7 Å². The Morgan fingerprint density at radius 3 is 2.93 bits per heavy atom. The van der Waals surface area contributed by atoms with Crippen LogP contribution in [0, 0.1) is 0 Å². The van der Waals surface area contributed by atoms with Crippen molar-refractivity contribution in [3.8, 4) is 17.1 Å². The maximum atomic E-state index is 13.2. The molecule has 0 saturated carbocycles. The van der Waals surface area contributed by atoms with Gasteiger partial charge in [0.15, 0.2) is 0 Å². The summed E-state index contributed by atoms with van der Waals surface area (Å²) in [6, 6.07) is 14.5. The van der Waals surface area contributed by atoms with E-state index in [-0.39, 0.29) is 18.3 Å². The second-order valence-corrected chi connectivity index (χ2v) is 7.13. The minimum absolute atomic E-state index is 0.0778. The van der Waals surface area contributed by atoms with Crippen LogP contribution >= 0.6 is 0 Å². The number of aromatic nitrogens is 2. The van der Waals surface area contributed by atoms with Crippen molar-refractivity contribution >= 4 is 11.9 Å². The summed E-state index contributed by atoms with van der Waals surface area (Å²) in [5, 5.41) is 6.86. The number of benzene rings is 2. The summed E-state index contributed by atoms with van der Waals surface area (Å²) < 4.78 is 10.5. The van der Waals surface area contributed by atoms with E-state index in [1.54, 1.807) is 13.2 Å². The number of nitrogens with zero attached hydrogens (tertiary/aromatic N) is 3. The largest absolute Gasteiger partial charge is 0.497 e. The third kappa shape index (κ3) is 2.67. The topological polar surface area (TPSA) is 97.6 Å². The van der Waals surface area contributed by atoms with Gasteiger partial charge in [0.25, 0.3) is 5.91 Å². The van der Waals surface area contributed by atoms with E-state index in [9.17, 15) is 9.59 Å². The van der Waals surface area contributed by atoms with Gasteiger partial charge in [0.1, 0.15) is 17.8 Å². The third-order valence-electron chi connectivity index (χ3n) is 5.51. The molecule has 8 nitrogen and oxygen atoms in total. The number of ether oxygens (including phenoxy) is 1. The highest BCUT2D eigenvalue weighted by Crippen LogP contribution is 2.41. The Morgan fingerprint density at radius 1 is 1.21 bits per heavy atom. The van der Waals surface area contributed by atoms with Crippen molar-refractivity contribution in [1.29, 1.82) is 0 Å². The molecule has 1 N–H and O–H groups in total. The number of hydrogen-bond acceptors (Lipinski definition) is 6. The first kappa shape index (κ1) is 17.4. The predicted octanol–water partition coefficient (Wildman–Crippen LogP) is 2.64.